The lowest BCUT2D eigenvalue weighted by molar-refractivity contribution is -0.117. The van der Waals surface area contributed by atoms with Gasteiger partial charge in [-0.15, -0.1) is 11.3 Å². The van der Waals surface area contributed by atoms with Crippen molar-refractivity contribution in [1.82, 2.24) is 4.98 Å². The molecule has 1 aliphatic heterocycles. The van der Waals surface area contributed by atoms with Crippen LogP contribution in [0.15, 0.2) is 29.6 Å². The van der Waals surface area contributed by atoms with Gasteiger partial charge in [-0.1, -0.05) is 17.7 Å². The zero-order chi connectivity index (χ0) is 15.1. The predicted molar refractivity (Wildman–Crippen MR) is 77.7 cm³/mol. The van der Waals surface area contributed by atoms with Crippen molar-refractivity contribution in [3.8, 4) is 0 Å². The number of thiophene rings is 1. The van der Waals surface area contributed by atoms with Gasteiger partial charge < -0.3 is 5.73 Å². The van der Waals surface area contributed by atoms with Crippen molar-refractivity contribution in [3.05, 3.63) is 45.4 Å². The number of rotatable bonds is 2. The number of urea groups is 1. The molecular weight excluding hydrogens is 314 g/mol. The topological polar surface area (TPSA) is 93.4 Å². The third-order valence-corrected chi connectivity index (χ3v) is 4.19. The van der Waals surface area contributed by atoms with Crippen LogP contribution in [0.4, 0.5) is 10.5 Å². The number of carbonyl (C=O) groups excluding carboxylic acids is 3. The monoisotopic (exact) mass is 321 g/mol. The molecule has 1 unspecified atom stereocenters. The molecule has 3 heterocycles. The number of primary amides is 1. The highest BCUT2D eigenvalue weighted by Crippen LogP contribution is 2.39. The normalized spacial score (nSPS) is 16.9. The van der Waals surface area contributed by atoms with E-state index in [0.717, 1.165) is 4.90 Å². The Balaban J connectivity index is 2.14. The summed E-state index contributed by atoms with van der Waals surface area (Å²) in [7, 11) is 0. The third-order valence-electron chi connectivity index (χ3n) is 3.10. The van der Waals surface area contributed by atoms with Gasteiger partial charge in [0, 0.05) is 0 Å². The minimum Gasteiger partial charge on any atom is -0.351 e. The summed E-state index contributed by atoms with van der Waals surface area (Å²) in [6, 6.07) is 5.25. The van der Waals surface area contributed by atoms with Crippen LogP contribution in [0.2, 0.25) is 5.15 Å². The van der Waals surface area contributed by atoms with Crippen LogP contribution in [0.5, 0.6) is 0 Å². The second-order valence-corrected chi connectivity index (χ2v) is 5.66. The average Bonchev–Trinajstić information content (AvgIpc) is 3.03. The Hall–Kier alpha value is -2.25. The highest BCUT2D eigenvalue weighted by atomic mass is 35.5. The first-order valence-corrected chi connectivity index (χ1v) is 7.14. The van der Waals surface area contributed by atoms with E-state index in [1.807, 2.05) is 0 Å². The van der Waals surface area contributed by atoms with Crippen molar-refractivity contribution in [1.29, 1.82) is 0 Å². The molecule has 21 heavy (non-hydrogen) atoms. The predicted octanol–water partition coefficient (Wildman–Crippen LogP) is 2.19. The molecule has 8 heteroatoms. The molecule has 0 saturated carbocycles. The van der Waals surface area contributed by atoms with E-state index < -0.39 is 23.6 Å². The number of anilines is 1. The van der Waals surface area contributed by atoms with Crippen molar-refractivity contribution in [2.45, 2.75) is 5.92 Å². The van der Waals surface area contributed by atoms with Crippen LogP contribution < -0.4 is 10.6 Å². The smallest absolute Gasteiger partial charge is 0.326 e. The molecule has 3 rings (SSSR count). The standard InChI is InChI=1S/C13H8ClN3O3S/c14-8-4-3-6-10(16-8)9(12(19)17(6)13(15)20)11(18)7-2-1-5-21-7/h1-5,9H,(H2,15,20). The molecule has 1 atom stereocenters. The van der Waals surface area contributed by atoms with E-state index in [0.29, 0.717) is 4.88 Å². The highest BCUT2D eigenvalue weighted by molar-refractivity contribution is 7.12. The fourth-order valence-electron chi connectivity index (χ4n) is 2.23. The fourth-order valence-corrected chi connectivity index (χ4v) is 3.08. The van der Waals surface area contributed by atoms with Gasteiger partial charge in [-0.3, -0.25) is 9.59 Å². The summed E-state index contributed by atoms with van der Waals surface area (Å²) < 4.78 is 0. The minimum atomic E-state index is -1.19. The number of aromatic nitrogens is 1. The maximum Gasteiger partial charge on any atom is 0.326 e. The molecule has 0 aliphatic carbocycles. The second-order valence-electron chi connectivity index (χ2n) is 4.32. The Morgan fingerprint density at radius 1 is 1.33 bits per heavy atom. The van der Waals surface area contributed by atoms with E-state index in [-0.39, 0.29) is 16.5 Å². The first-order chi connectivity index (χ1) is 10.0. The maximum atomic E-state index is 12.5. The van der Waals surface area contributed by atoms with Crippen LogP contribution in [0.3, 0.4) is 0 Å². The quantitative estimate of drug-likeness (QED) is 0.521. The molecule has 0 spiro atoms. The van der Waals surface area contributed by atoms with E-state index in [1.165, 1.54) is 23.5 Å². The van der Waals surface area contributed by atoms with Crippen LogP contribution >= 0.6 is 22.9 Å². The SMILES string of the molecule is NC(=O)N1C(=O)C(C(=O)c2cccs2)c2nc(Cl)ccc21. The number of Topliss-reactive ketones (excluding diaryl/α,β-unsaturated/α-hetero) is 1. The summed E-state index contributed by atoms with van der Waals surface area (Å²) in [5, 5.41) is 1.86. The summed E-state index contributed by atoms with van der Waals surface area (Å²) in [4.78, 5) is 41.5. The number of hydrogen-bond donors (Lipinski definition) is 1. The molecule has 2 aromatic rings. The molecule has 0 aromatic carbocycles. The van der Waals surface area contributed by atoms with Gasteiger partial charge in [-0.25, -0.2) is 14.7 Å². The molecule has 0 bridgehead atoms. The van der Waals surface area contributed by atoms with Crippen LogP contribution in [-0.2, 0) is 4.79 Å². The summed E-state index contributed by atoms with van der Waals surface area (Å²) >= 11 is 7.04. The van der Waals surface area contributed by atoms with Crippen molar-refractivity contribution in [3.63, 3.8) is 0 Å². The number of carbonyl (C=O) groups is 3. The molecule has 0 radical (unpaired) electrons. The zero-order valence-corrected chi connectivity index (χ0v) is 12.0. The zero-order valence-electron chi connectivity index (χ0n) is 10.4. The number of hydrogen-bond acceptors (Lipinski definition) is 5. The van der Waals surface area contributed by atoms with Gasteiger partial charge >= 0.3 is 6.03 Å². The molecule has 106 valence electrons. The van der Waals surface area contributed by atoms with E-state index in [1.54, 1.807) is 17.5 Å². The van der Waals surface area contributed by atoms with Gasteiger partial charge in [0.25, 0.3) is 5.91 Å². The number of ketones is 1. The van der Waals surface area contributed by atoms with Crippen molar-refractivity contribution >= 4 is 46.3 Å². The number of pyridine rings is 1. The molecule has 0 saturated heterocycles. The maximum absolute atomic E-state index is 12.5. The Morgan fingerprint density at radius 3 is 2.71 bits per heavy atom. The van der Waals surface area contributed by atoms with Gasteiger partial charge in [-0.2, -0.15) is 0 Å². The molecule has 3 amide bonds. The number of nitrogens with zero attached hydrogens (tertiary/aromatic N) is 2. The Labute approximate surface area is 128 Å². The van der Waals surface area contributed by atoms with E-state index in [4.69, 9.17) is 17.3 Å². The van der Waals surface area contributed by atoms with Crippen molar-refractivity contribution < 1.29 is 14.4 Å². The molecule has 0 fully saturated rings. The number of amides is 3. The van der Waals surface area contributed by atoms with Gasteiger partial charge in [-0.05, 0) is 23.6 Å². The van der Waals surface area contributed by atoms with Crippen LogP contribution in [-0.4, -0.2) is 22.7 Å². The summed E-state index contributed by atoms with van der Waals surface area (Å²) in [6.45, 7) is 0. The van der Waals surface area contributed by atoms with Crippen LogP contribution in [0.1, 0.15) is 21.3 Å². The number of nitrogens with two attached hydrogens (primary N) is 1. The molecular formula is C13H8ClN3O3S. The van der Waals surface area contributed by atoms with E-state index in [9.17, 15) is 14.4 Å². The Bertz CT molecular complexity index is 760. The van der Waals surface area contributed by atoms with Gasteiger partial charge in [0.2, 0.25) is 0 Å². The van der Waals surface area contributed by atoms with E-state index in [2.05, 4.69) is 4.98 Å². The number of imide groups is 1. The first kappa shape index (κ1) is 13.7. The number of halogens is 1. The average molecular weight is 322 g/mol. The lowest BCUT2D eigenvalue weighted by Gasteiger charge is -2.11. The first-order valence-electron chi connectivity index (χ1n) is 5.88. The lowest BCUT2D eigenvalue weighted by Crippen LogP contribution is -2.40. The largest absolute Gasteiger partial charge is 0.351 e. The molecule has 2 aromatic heterocycles. The summed E-state index contributed by atoms with van der Waals surface area (Å²) in [5.41, 5.74) is 5.58. The fraction of sp³-hybridized carbons (Fsp3) is 0.0769. The lowest BCUT2D eigenvalue weighted by atomic mass is 10.00. The van der Waals surface area contributed by atoms with Crippen LogP contribution in [0.25, 0.3) is 0 Å². The Kier molecular flexibility index (Phi) is 3.23. The van der Waals surface area contributed by atoms with Crippen LogP contribution in [0, 0.1) is 0 Å². The van der Waals surface area contributed by atoms with E-state index >= 15 is 0 Å². The third kappa shape index (κ3) is 2.10. The van der Waals surface area contributed by atoms with Gasteiger partial charge in [0.05, 0.1) is 16.3 Å². The number of fused-ring (bicyclic) bond motifs is 1. The minimum absolute atomic E-state index is 0.136. The van der Waals surface area contributed by atoms with Gasteiger partial charge in [0.1, 0.15) is 11.1 Å². The van der Waals surface area contributed by atoms with Crippen molar-refractivity contribution in [2.75, 3.05) is 4.90 Å². The molecule has 1 aliphatic rings. The second kappa shape index (κ2) is 4.94. The highest BCUT2D eigenvalue weighted by Gasteiger charge is 2.46. The molecule has 2 N–H and O–H groups in total. The van der Waals surface area contributed by atoms with Gasteiger partial charge in [0.15, 0.2) is 5.78 Å². The summed E-state index contributed by atoms with van der Waals surface area (Å²) in [6.07, 6.45) is 0. The van der Waals surface area contributed by atoms with Crippen molar-refractivity contribution in [2.24, 2.45) is 5.73 Å². The molecule has 6 nitrogen and oxygen atoms in total. The Morgan fingerprint density at radius 2 is 2.10 bits per heavy atom. The summed E-state index contributed by atoms with van der Waals surface area (Å²) in [5.74, 6) is -2.31.